The van der Waals surface area contributed by atoms with Gasteiger partial charge in [-0.25, -0.2) is 4.39 Å². The number of amidine groups is 1. The van der Waals surface area contributed by atoms with E-state index in [4.69, 9.17) is 5.73 Å². The Morgan fingerprint density at radius 2 is 2.05 bits per heavy atom. The van der Waals surface area contributed by atoms with Crippen LogP contribution in [0, 0.1) is 12.7 Å². The number of benzene rings is 2. The van der Waals surface area contributed by atoms with E-state index in [2.05, 4.69) is 26.1 Å². The van der Waals surface area contributed by atoms with Crippen LogP contribution in [0.3, 0.4) is 0 Å². The fourth-order valence-corrected chi connectivity index (χ4v) is 2.96. The lowest BCUT2D eigenvalue weighted by atomic mass is 10.1. The standard InChI is InChI=1S/C16H15BrFN3S/c1-11-7-13(15(18)14(17)8-11)9-20-21-16(19)22-10-12-5-3-2-4-6-12/h2-9H,10H2,1H3,(H2,19,21). The van der Waals surface area contributed by atoms with Crippen LogP contribution in [-0.4, -0.2) is 11.4 Å². The summed E-state index contributed by atoms with van der Waals surface area (Å²) >= 11 is 4.55. The van der Waals surface area contributed by atoms with Crippen molar-refractivity contribution in [3.63, 3.8) is 0 Å². The fraction of sp³-hybridized carbons (Fsp3) is 0.125. The lowest BCUT2D eigenvalue weighted by Gasteiger charge is -2.01. The van der Waals surface area contributed by atoms with Crippen LogP contribution in [0.4, 0.5) is 4.39 Å². The minimum Gasteiger partial charge on any atom is -0.377 e. The van der Waals surface area contributed by atoms with Crippen molar-refractivity contribution in [1.29, 1.82) is 0 Å². The number of hydrogen-bond acceptors (Lipinski definition) is 3. The zero-order valence-corrected chi connectivity index (χ0v) is 14.4. The summed E-state index contributed by atoms with van der Waals surface area (Å²) in [4.78, 5) is 0. The summed E-state index contributed by atoms with van der Waals surface area (Å²) in [5.41, 5.74) is 8.24. The molecule has 3 nitrogen and oxygen atoms in total. The Labute approximate surface area is 141 Å². The molecule has 2 aromatic carbocycles. The number of hydrogen-bond donors (Lipinski definition) is 1. The summed E-state index contributed by atoms with van der Waals surface area (Å²) in [5, 5.41) is 8.07. The number of halogens is 2. The number of rotatable bonds is 4. The van der Waals surface area contributed by atoms with Gasteiger partial charge in [0.15, 0.2) is 5.17 Å². The second kappa shape index (κ2) is 8.10. The van der Waals surface area contributed by atoms with E-state index in [0.29, 0.717) is 15.2 Å². The van der Waals surface area contributed by atoms with Crippen molar-refractivity contribution in [2.45, 2.75) is 12.7 Å². The quantitative estimate of drug-likeness (QED) is 0.483. The van der Waals surface area contributed by atoms with Gasteiger partial charge in [-0.2, -0.15) is 5.10 Å². The molecule has 0 fully saturated rings. The van der Waals surface area contributed by atoms with Gasteiger partial charge in [0.25, 0.3) is 0 Å². The highest BCUT2D eigenvalue weighted by molar-refractivity contribution is 9.10. The van der Waals surface area contributed by atoms with Gasteiger partial charge in [0, 0.05) is 11.3 Å². The molecule has 0 radical (unpaired) electrons. The molecular formula is C16H15BrFN3S. The molecule has 0 heterocycles. The summed E-state index contributed by atoms with van der Waals surface area (Å²) in [6.45, 7) is 1.88. The predicted octanol–water partition coefficient (Wildman–Crippen LogP) is 4.48. The molecule has 0 atom stereocenters. The van der Waals surface area contributed by atoms with Crippen molar-refractivity contribution in [3.8, 4) is 0 Å². The summed E-state index contributed by atoms with van der Waals surface area (Å²) < 4.78 is 14.3. The van der Waals surface area contributed by atoms with Gasteiger partial charge in [-0.05, 0) is 46.1 Å². The fourth-order valence-electron chi connectivity index (χ4n) is 1.75. The third-order valence-corrected chi connectivity index (χ3v) is 4.22. The molecule has 0 spiro atoms. The SMILES string of the molecule is Cc1cc(Br)c(F)c(C=NN=C(N)SCc2ccccc2)c1. The smallest absolute Gasteiger partial charge is 0.180 e. The Bertz CT molecular complexity index is 702. The Kier molecular flexibility index (Phi) is 6.15. The van der Waals surface area contributed by atoms with E-state index < -0.39 is 0 Å². The highest BCUT2D eigenvalue weighted by Gasteiger charge is 2.05. The molecule has 2 rings (SSSR count). The minimum absolute atomic E-state index is 0.340. The molecule has 0 amide bonds. The van der Waals surface area contributed by atoms with E-state index in [1.807, 2.05) is 37.3 Å². The molecule has 0 aliphatic heterocycles. The first kappa shape index (κ1) is 16.7. The van der Waals surface area contributed by atoms with Crippen LogP contribution in [0.2, 0.25) is 0 Å². The molecule has 22 heavy (non-hydrogen) atoms. The van der Waals surface area contributed by atoms with Crippen molar-refractivity contribution < 1.29 is 4.39 Å². The number of thioether (sulfide) groups is 1. The highest BCUT2D eigenvalue weighted by Crippen LogP contribution is 2.20. The number of aryl methyl sites for hydroxylation is 1. The van der Waals surface area contributed by atoms with Crippen LogP contribution in [0.1, 0.15) is 16.7 Å². The van der Waals surface area contributed by atoms with Crippen LogP contribution in [0.15, 0.2) is 57.1 Å². The highest BCUT2D eigenvalue weighted by atomic mass is 79.9. The van der Waals surface area contributed by atoms with Gasteiger partial charge in [0.2, 0.25) is 0 Å². The van der Waals surface area contributed by atoms with Crippen molar-refractivity contribution >= 4 is 39.1 Å². The maximum atomic E-state index is 13.9. The normalized spacial score (nSPS) is 12.0. The summed E-state index contributed by atoms with van der Waals surface area (Å²) in [6.07, 6.45) is 1.36. The average Bonchev–Trinajstić information content (AvgIpc) is 2.51. The van der Waals surface area contributed by atoms with Crippen LogP contribution in [-0.2, 0) is 5.75 Å². The molecule has 0 saturated heterocycles. The van der Waals surface area contributed by atoms with Gasteiger partial charge >= 0.3 is 0 Å². The van der Waals surface area contributed by atoms with Gasteiger partial charge < -0.3 is 5.73 Å². The lowest BCUT2D eigenvalue weighted by Crippen LogP contribution is -2.06. The number of nitrogens with two attached hydrogens (primary N) is 1. The molecule has 114 valence electrons. The molecule has 0 unspecified atom stereocenters. The molecule has 2 N–H and O–H groups in total. The topological polar surface area (TPSA) is 50.7 Å². The molecule has 0 aliphatic carbocycles. The van der Waals surface area contributed by atoms with Gasteiger partial charge in [-0.15, -0.1) is 5.10 Å². The Balaban J connectivity index is 1.98. The minimum atomic E-state index is -0.361. The zero-order valence-electron chi connectivity index (χ0n) is 12.0. The van der Waals surface area contributed by atoms with Gasteiger partial charge in [-0.1, -0.05) is 42.1 Å². The van der Waals surface area contributed by atoms with Gasteiger partial charge in [0.1, 0.15) is 5.82 Å². The molecule has 0 aromatic heterocycles. The summed E-state index contributed by atoms with van der Waals surface area (Å²) in [5.74, 6) is 0.357. The Morgan fingerprint density at radius 1 is 1.32 bits per heavy atom. The number of nitrogens with zero attached hydrogens (tertiary/aromatic N) is 2. The van der Waals surface area contributed by atoms with E-state index in [1.54, 1.807) is 12.1 Å². The summed E-state index contributed by atoms with van der Waals surface area (Å²) in [7, 11) is 0. The molecule has 0 aliphatic rings. The lowest BCUT2D eigenvalue weighted by molar-refractivity contribution is 0.618. The van der Waals surface area contributed by atoms with E-state index in [9.17, 15) is 4.39 Å². The van der Waals surface area contributed by atoms with Gasteiger partial charge in [0.05, 0.1) is 10.7 Å². The summed E-state index contributed by atoms with van der Waals surface area (Å²) in [6, 6.07) is 13.3. The first-order valence-corrected chi connectivity index (χ1v) is 8.33. The molecule has 0 bridgehead atoms. The monoisotopic (exact) mass is 379 g/mol. The zero-order chi connectivity index (χ0) is 15.9. The third kappa shape index (κ3) is 4.96. The molecule has 0 saturated carbocycles. The van der Waals surface area contributed by atoms with Crippen molar-refractivity contribution in [2.24, 2.45) is 15.9 Å². The third-order valence-electron chi connectivity index (χ3n) is 2.78. The van der Waals surface area contributed by atoms with E-state index >= 15 is 0 Å². The molecule has 6 heteroatoms. The Hall–Kier alpha value is -1.66. The molecule has 2 aromatic rings. The average molecular weight is 380 g/mol. The maximum absolute atomic E-state index is 13.9. The largest absolute Gasteiger partial charge is 0.377 e. The second-order valence-corrected chi connectivity index (χ2v) is 6.46. The van der Waals surface area contributed by atoms with E-state index in [0.717, 1.165) is 16.9 Å². The van der Waals surface area contributed by atoms with E-state index in [1.165, 1.54) is 18.0 Å². The molecular weight excluding hydrogens is 365 g/mol. The van der Waals surface area contributed by atoms with Crippen molar-refractivity contribution in [3.05, 3.63) is 69.4 Å². The van der Waals surface area contributed by atoms with Crippen LogP contribution in [0.25, 0.3) is 0 Å². The van der Waals surface area contributed by atoms with Crippen LogP contribution < -0.4 is 5.73 Å². The van der Waals surface area contributed by atoms with Gasteiger partial charge in [-0.3, -0.25) is 0 Å². The first-order valence-electron chi connectivity index (χ1n) is 6.55. The van der Waals surface area contributed by atoms with Crippen molar-refractivity contribution in [2.75, 3.05) is 0 Å². The van der Waals surface area contributed by atoms with Crippen LogP contribution in [0.5, 0.6) is 0 Å². The maximum Gasteiger partial charge on any atom is 0.180 e. The van der Waals surface area contributed by atoms with Crippen LogP contribution >= 0.6 is 27.7 Å². The second-order valence-electron chi connectivity index (χ2n) is 4.61. The first-order chi connectivity index (χ1) is 10.6. The van der Waals surface area contributed by atoms with E-state index in [-0.39, 0.29) is 5.82 Å². The predicted molar refractivity (Wildman–Crippen MR) is 95.8 cm³/mol. The van der Waals surface area contributed by atoms with Crippen molar-refractivity contribution in [1.82, 2.24) is 0 Å². The Morgan fingerprint density at radius 3 is 2.77 bits per heavy atom.